The van der Waals surface area contributed by atoms with E-state index >= 15 is 0 Å². The maximum Gasteiger partial charge on any atom is 0.341 e. The summed E-state index contributed by atoms with van der Waals surface area (Å²) in [5.41, 5.74) is 1.66. The number of likely N-dealkylation sites (tertiary alicyclic amines) is 1. The first-order valence-electron chi connectivity index (χ1n) is 11.2. The Kier molecular flexibility index (Phi) is 5.26. The molecule has 0 amide bonds. The van der Waals surface area contributed by atoms with Gasteiger partial charge in [-0.1, -0.05) is 24.3 Å². The Balaban J connectivity index is 1.31. The zero-order valence-electron chi connectivity index (χ0n) is 18.4. The molecule has 0 bridgehead atoms. The predicted molar refractivity (Wildman–Crippen MR) is 117 cm³/mol. The van der Waals surface area contributed by atoms with E-state index in [2.05, 4.69) is 18.7 Å². The average molecular weight is 440 g/mol. The van der Waals surface area contributed by atoms with Crippen LogP contribution in [0.3, 0.4) is 0 Å². The second kappa shape index (κ2) is 7.98. The summed E-state index contributed by atoms with van der Waals surface area (Å²) in [4.78, 5) is 13.1. The van der Waals surface area contributed by atoms with Gasteiger partial charge in [0.1, 0.15) is 11.4 Å². The van der Waals surface area contributed by atoms with Crippen molar-refractivity contribution in [1.29, 1.82) is 0 Å². The highest BCUT2D eigenvalue weighted by molar-refractivity contribution is 5.68. The number of aliphatic carboxylic acids is 1. The molecule has 7 heteroatoms. The summed E-state index contributed by atoms with van der Waals surface area (Å²) in [7, 11) is 0. The van der Waals surface area contributed by atoms with E-state index in [9.17, 15) is 9.90 Å². The van der Waals surface area contributed by atoms with Crippen molar-refractivity contribution in [3.8, 4) is 17.2 Å². The van der Waals surface area contributed by atoms with Crippen LogP contribution in [0, 0.1) is 5.92 Å². The number of carboxylic acids is 1. The van der Waals surface area contributed by atoms with Gasteiger partial charge < -0.3 is 24.4 Å². The van der Waals surface area contributed by atoms with Crippen LogP contribution >= 0.6 is 0 Å². The van der Waals surface area contributed by atoms with Crippen molar-refractivity contribution < 1.29 is 29.2 Å². The molecule has 32 heavy (non-hydrogen) atoms. The molecule has 0 unspecified atom stereocenters. The lowest BCUT2D eigenvalue weighted by Crippen LogP contribution is -2.53. The minimum atomic E-state index is -0.986. The van der Waals surface area contributed by atoms with E-state index in [0.717, 1.165) is 37.1 Å². The van der Waals surface area contributed by atoms with Crippen LogP contribution in [0.5, 0.6) is 17.2 Å². The lowest BCUT2D eigenvalue weighted by Gasteiger charge is -2.50. The van der Waals surface area contributed by atoms with Crippen molar-refractivity contribution in [1.82, 2.24) is 4.90 Å². The number of fused-ring (bicyclic) bond motifs is 4. The number of hydrogen-bond donors (Lipinski definition) is 2. The molecule has 0 spiro atoms. The molecule has 2 saturated heterocycles. The lowest BCUT2D eigenvalue weighted by molar-refractivity contribution is -0.163. The zero-order chi connectivity index (χ0) is 22.5. The molecule has 0 saturated carbocycles. The van der Waals surface area contributed by atoms with Crippen molar-refractivity contribution >= 4 is 5.97 Å². The van der Waals surface area contributed by atoms with Crippen LogP contribution in [0.1, 0.15) is 43.9 Å². The van der Waals surface area contributed by atoms with Crippen molar-refractivity contribution in [2.24, 2.45) is 5.92 Å². The van der Waals surface area contributed by atoms with E-state index in [1.54, 1.807) is 6.07 Å². The molecule has 3 aliphatic rings. The highest BCUT2D eigenvalue weighted by Crippen LogP contribution is 2.54. The van der Waals surface area contributed by atoms with E-state index in [1.807, 2.05) is 36.4 Å². The van der Waals surface area contributed by atoms with Crippen molar-refractivity contribution in [2.45, 2.75) is 57.1 Å². The summed E-state index contributed by atoms with van der Waals surface area (Å²) in [6.07, 6.45) is 2.02. The van der Waals surface area contributed by atoms with Gasteiger partial charge in [0.15, 0.2) is 18.1 Å². The van der Waals surface area contributed by atoms with Crippen LogP contribution in [0.2, 0.25) is 0 Å². The standard InChI is InChI=1S/C25H29NO6/c1-25(2)18-12-19-21(31-23(18)17-4-3-5-20(27)24(17)32-25)10-11-26(19)13-15-6-8-16(9-7-15)30-14-22(28)29/h3-9,18-19,21,23,27H,10-14H2,1-2H3,(H,28,29)/t18-,19+,21-,23+/m1/s1. The summed E-state index contributed by atoms with van der Waals surface area (Å²) >= 11 is 0. The number of nitrogens with zero attached hydrogens (tertiary/aromatic N) is 1. The molecule has 0 radical (unpaired) electrons. The first kappa shape index (κ1) is 21.1. The number of carboxylic acid groups (broad SMARTS) is 1. The topological polar surface area (TPSA) is 88.5 Å². The van der Waals surface area contributed by atoms with Gasteiger partial charge in [-0.25, -0.2) is 4.79 Å². The van der Waals surface area contributed by atoms with E-state index in [0.29, 0.717) is 17.5 Å². The molecular weight excluding hydrogens is 410 g/mol. The van der Waals surface area contributed by atoms with Gasteiger partial charge in [0.25, 0.3) is 0 Å². The Bertz CT molecular complexity index is 1000. The van der Waals surface area contributed by atoms with Crippen LogP contribution in [-0.4, -0.2) is 52.0 Å². The summed E-state index contributed by atoms with van der Waals surface area (Å²) in [5.74, 6) is 0.480. The fourth-order valence-corrected chi connectivity index (χ4v) is 5.43. The Morgan fingerprint density at radius 3 is 2.75 bits per heavy atom. The zero-order valence-corrected chi connectivity index (χ0v) is 18.4. The molecule has 0 aliphatic carbocycles. The number of ether oxygens (including phenoxy) is 3. The third kappa shape index (κ3) is 3.80. The number of benzene rings is 2. The lowest BCUT2D eigenvalue weighted by atomic mass is 9.74. The number of carbonyl (C=O) groups is 1. The molecule has 7 nitrogen and oxygen atoms in total. The van der Waals surface area contributed by atoms with Gasteiger partial charge in [-0.05, 0) is 50.5 Å². The summed E-state index contributed by atoms with van der Waals surface area (Å²) < 4.78 is 18.2. The summed E-state index contributed by atoms with van der Waals surface area (Å²) in [6.45, 7) is 5.59. The molecule has 0 aromatic heterocycles. The van der Waals surface area contributed by atoms with E-state index in [1.165, 1.54) is 0 Å². The highest BCUT2D eigenvalue weighted by Gasteiger charge is 2.53. The molecule has 170 valence electrons. The quantitative estimate of drug-likeness (QED) is 0.734. The number of phenols is 1. The maximum atomic E-state index is 10.7. The highest BCUT2D eigenvalue weighted by atomic mass is 16.5. The molecule has 2 aromatic rings. The van der Waals surface area contributed by atoms with Gasteiger partial charge in [-0.2, -0.15) is 0 Å². The van der Waals surface area contributed by atoms with Crippen LogP contribution < -0.4 is 9.47 Å². The predicted octanol–water partition coefficient (Wildman–Crippen LogP) is 3.75. The Hall–Kier alpha value is -2.77. The third-order valence-electron chi connectivity index (χ3n) is 7.04. The van der Waals surface area contributed by atoms with Gasteiger partial charge in [0, 0.05) is 30.6 Å². The van der Waals surface area contributed by atoms with Gasteiger partial charge in [0.05, 0.1) is 12.2 Å². The van der Waals surface area contributed by atoms with Crippen molar-refractivity contribution in [3.05, 3.63) is 53.6 Å². The van der Waals surface area contributed by atoms with Crippen LogP contribution in [0.25, 0.3) is 0 Å². The monoisotopic (exact) mass is 439 g/mol. The Labute approximate surface area is 187 Å². The SMILES string of the molecule is CC1(C)Oc2c(O)cccc2[C@@H]2O[C@@H]3CCN(Cc4ccc(OCC(=O)O)cc4)[C@H]3C[C@H]21. The fraction of sp³-hybridized carbons (Fsp3) is 0.480. The average Bonchev–Trinajstić information content (AvgIpc) is 3.15. The number of hydrogen-bond acceptors (Lipinski definition) is 6. The fourth-order valence-electron chi connectivity index (χ4n) is 5.43. The van der Waals surface area contributed by atoms with Gasteiger partial charge in [-0.3, -0.25) is 4.90 Å². The van der Waals surface area contributed by atoms with E-state index in [-0.39, 0.29) is 30.5 Å². The first-order chi connectivity index (χ1) is 15.3. The van der Waals surface area contributed by atoms with Crippen molar-refractivity contribution in [2.75, 3.05) is 13.2 Å². The van der Waals surface area contributed by atoms with Gasteiger partial charge in [-0.15, -0.1) is 0 Å². The van der Waals surface area contributed by atoms with Crippen LogP contribution in [0.4, 0.5) is 0 Å². The van der Waals surface area contributed by atoms with Crippen LogP contribution in [0.15, 0.2) is 42.5 Å². The summed E-state index contributed by atoms with van der Waals surface area (Å²) in [5, 5.41) is 19.1. The molecule has 3 heterocycles. The maximum absolute atomic E-state index is 10.7. The molecule has 4 atom stereocenters. The second-order valence-electron chi connectivity index (χ2n) is 9.49. The number of para-hydroxylation sites is 1. The molecule has 2 aromatic carbocycles. The molecule has 2 fully saturated rings. The number of phenolic OH excluding ortho intramolecular Hbond substituents is 1. The molecular formula is C25H29NO6. The number of rotatable bonds is 5. The molecule has 5 rings (SSSR count). The Morgan fingerprint density at radius 1 is 1.22 bits per heavy atom. The second-order valence-corrected chi connectivity index (χ2v) is 9.49. The smallest absolute Gasteiger partial charge is 0.341 e. The third-order valence-corrected chi connectivity index (χ3v) is 7.04. The number of aromatic hydroxyl groups is 1. The first-order valence-corrected chi connectivity index (χ1v) is 11.2. The van der Waals surface area contributed by atoms with Gasteiger partial charge >= 0.3 is 5.97 Å². The minimum absolute atomic E-state index is 0.0762. The summed E-state index contributed by atoms with van der Waals surface area (Å²) in [6, 6.07) is 13.4. The van der Waals surface area contributed by atoms with E-state index in [4.69, 9.17) is 19.3 Å². The van der Waals surface area contributed by atoms with E-state index < -0.39 is 11.6 Å². The normalized spacial score (nSPS) is 28.2. The van der Waals surface area contributed by atoms with Crippen LogP contribution in [-0.2, 0) is 16.1 Å². The van der Waals surface area contributed by atoms with Gasteiger partial charge in [0.2, 0.25) is 0 Å². The largest absolute Gasteiger partial charge is 0.504 e. The minimum Gasteiger partial charge on any atom is -0.504 e. The Morgan fingerprint density at radius 2 is 2.00 bits per heavy atom. The molecule has 3 aliphatic heterocycles. The van der Waals surface area contributed by atoms with Crippen molar-refractivity contribution in [3.63, 3.8) is 0 Å². The molecule has 2 N–H and O–H groups in total.